The van der Waals surface area contributed by atoms with Crippen LogP contribution in [0.5, 0.6) is 0 Å². The van der Waals surface area contributed by atoms with Crippen LogP contribution in [0.1, 0.15) is 50.8 Å². The first-order valence-electron chi connectivity index (χ1n) is 4.64. The summed E-state index contributed by atoms with van der Waals surface area (Å²) in [6.07, 6.45) is 1.54. The van der Waals surface area contributed by atoms with E-state index in [0.717, 1.165) is 11.3 Å². The lowest BCUT2D eigenvalue weighted by molar-refractivity contribution is 0.750. The molecule has 0 unspecified atom stereocenters. The summed E-state index contributed by atoms with van der Waals surface area (Å²) >= 11 is 0. The maximum atomic E-state index is 5.81. The molecular weight excluding hydrogens is 162 g/mol. The van der Waals surface area contributed by atoms with Crippen LogP contribution in [0.15, 0.2) is 6.33 Å². The number of nitrogen functional groups attached to an aromatic ring is 1. The molecule has 0 saturated heterocycles. The molecule has 72 valence electrons. The molecule has 0 fully saturated rings. The van der Waals surface area contributed by atoms with Crippen molar-refractivity contribution in [3.05, 3.63) is 17.6 Å². The monoisotopic (exact) mass is 179 g/mol. The molecule has 0 spiro atoms. The molecule has 1 aromatic rings. The molecule has 0 radical (unpaired) electrons. The Bertz CT molecular complexity index is 292. The third-order valence-electron chi connectivity index (χ3n) is 2.07. The number of aromatic nitrogens is 2. The van der Waals surface area contributed by atoms with Crippen molar-refractivity contribution in [2.45, 2.75) is 39.5 Å². The molecule has 3 nitrogen and oxygen atoms in total. The number of nitrogens with two attached hydrogens (primary N) is 1. The van der Waals surface area contributed by atoms with Crippen LogP contribution in [-0.4, -0.2) is 9.97 Å². The van der Waals surface area contributed by atoms with E-state index in [1.54, 1.807) is 0 Å². The lowest BCUT2D eigenvalue weighted by Gasteiger charge is -2.15. The Balaban J connectivity index is 3.26. The van der Waals surface area contributed by atoms with Crippen molar-refractivity contribution in [3.8, 4) is 0 Å². The normalized spacial score (nSPS) is 11.2. The van der Waals surface area contributed by atoms with Crippen molar-refractivity contribution in [2.24, 2.45) is 0 Å². The Hall–Kier alpha value is -1.12. The molecule has 0 aliphatic heterocycles. The number of anilines is 1. The van der Waals surface area contributed by atoms with Gasteiger partial charge in [-0.2, -0.15) is 0 Å². The van der Waals surface area contributed by atoms with Crippen LogP contribution in [0.25, 0.3) is 0 Å². The van der Waals surface area contributed by atoms with E-state index in [4.69, 9.17) is 5.73 Å². The second-order valence-electron chi connectivity index (χ2n) is 3.87. The average molecular weight is 179 g/mol. The van der Waals surface area contributed by atoms with Crippen molar-refractivity contribution >= 4 is 5.82 Å². The van der Waals surface area contributed by atoms with Gasteiger partial charge in [-0.25, -0.2) is 9.97 Å². The fraction of sp³-hybridized carbons (Fsp3) is 0.600. The van der Waals surface area contributed by atoms with Gasteiger partial charge in [-0.3, -0.25) is 0 Å². The van der Waals surface area contributed by atoms with Gasteiger partial charge in [0.2, 0.25) is 0 Å². The predicted molar refractivity (Wildman–Crippen MR) is 54.6 cm³/mol. The zero-order valence-corrected chi connectivity index (χ0v) is 8.70. The first-order chi connectivity index (χ1) is 6.04. The molecular formula is C10H17N3. The number of hydrogen-bond donors (Lipinski definition) is 1. The predicted octanol–water partition coefficient (Wildman–Crippen LogP) is 2.31. The van der Waals surface area contributed by atoms with E-state index in [-0.39, 0.29) is 0 Å². The number of hydrogen-bond acceptors (Lipinski definition) is 3. The zero-order chi connectivity index (χ0) is 10.0. The first-order valence-corrected chi connectivity index (χ1v) is 4.64. The molecule has 0 aliphatic carbocycles. The van der Waals surface area contributed by atoms with Crippen molar-refractivity contribution in [1.82, 2.24) is 9.97 Å². The largest absolute Gasteiger partial charge is 0.383 e. The van der Waals surface area contributed by atoms with Crippen molar-refractivity contribution in [3.63, 3.8) is 0 Å². The third-order valence-corrected chi connectivity index (χ3v) is 2.07. The molecule has 0 aromatic carbocycles. The van der Waals surface area contributed by atoms with Gasteiger partial charge >= 0.3 is 0 Å². The minimum atomic E-state index is 0.388. The summed E-state index contributed by atoms with van der Waals surface area (Å²) < 4.78 is 0. The fourth-order valence-electron chi connectivity index (χ4n) is 1.48. The van der Waals surface area contributed by atoms with Gasteiger partial charge in [0, 0.05) is 5.56 Å². The van der Waals surface area contributed by atoms with Gasteiger partial charge in [-0.1, -0.05) is 27.7 Å². The highest BCUT2D eigenvalue weighted by Crippen LogP contribution is 2.27. The van der Waals surface area contributed by atoms with E-state index in [1.165, 1.54) is 6.33 Å². The molecule has 1 heterocycles. The third kappa shape index (κ3) is 1.97. The Morgan fingerprint density at radius 3 is 2.08 bits per heavy atom. The Kier molecular flexibility index (Phi) is 2.86. The van der Waals surface area contributed by atoms with E-state index < -0.39 is 0 Å². The lowest BCUT2D eigenvalue weighted by atomic mass is 9.96. The van der Waals surface area contributed by atoms with Crippen molar-refractivity contribution in [1.29, 1.82) is 0 Å². The molecule has 1 aromatic heterocycles. The fourth-order valence-corrected chi connectivity index (χ4v) is 1.48. The summed E-state index contributed by atoms with van der Waals surface area (Å²) in [5, 5.41) is 0. The second kappa shape index (κ2) is 3.73. The van der Waals surface area contributed by atoms with Crippen LogP contribution >= 0.6 is 0 Å². The minimum Gasteiger partial charge on any atom is -0.383 e. The smallest absolute Gasteiger partial charge is 0.130 e. The van der Waals surface area contributed by atoms with Gasteiger partial charge in [-0.05, 0) is 11.8 Å². The molecule has 0 bridgehead atoms. The van der Waals surface area contributed by atoms with Gasteiger partial charge in [0.15, 0.2) is 0 Å². The summed E-state index contributed by atoms with van der Waals surface area (Å²) in [6.45, 7) is 8.46. The van der Waals surface area contributed by atoms with Crippen LogP contribution in [0.4, 0.5) is 5.82 Å². The van der Waals surface area contributed by atoms with Gasteiger partial charge in [0.1, 0.15) is 12.1 Å². The highest BCUT2D eigenvalue weighted by atomic mass is 14.9. The van der Waals surface area contributed by atoms with Gasteiger partial charge < -0.3 is 5.73 Å². The van der Waals surface area contributed by atoms with Gasteiger partial charge in [0.25, 0.3) is 0 Å². The summed E-state index contributed by atoms with van der Waals surface area (Å²) in [5.74, 6) is 1.41. The molecule has 13 heavy (non-hydrogen) atoms. The second-order valence-corrected chi connectivity index (χ2v) is 3.87. The summed E-state index contributed by atoms with van der Waals surface area (Å²) in [7, 11) is 0. The van der Waals surface area contributed by atoms with Crippen LogP contribution in [0.2, 0.25) is 0 Å². The van der Waals surface area contributed by atoms with Crippen molar-refractivity contribution in [2.75, 3.05) is 5.73 Å². The molecule has 0 saturated carbocycles. The molecule has 0 aliphatic rings. The van der Waals surface area contributed by atoms with E-state index in [9.17, 15) is 0 Å². The van der Waals surface area contributed by atoms with Gasteiger partial charge in [-0.15, -0.1) is 0 Å². The summed E-state index contributed by atoms with van der Waals surface area (Å²) in [5.41, 5.74) is 7.98. The summed E-state index contributed by atoms with van der Waals surface area (Å²) in [4.78, 5) is 8.28. The first kappa shape index (κ1) is 9.96. The quantitative estimate of drug-likeness (QED) is 0.758. The highest BCUT2D eigenvalue weighted by Gasteiger charge is 2.14. The lowest BCUT2D eigenvalue weighted by Crippen LogP contribution is -2.07. The topological polar surface area (TPSA) is 51.8 Å². The minimum absolute atomic E-state index is 0.388. The van der Waals surface area contributed by atoms with Crippen LogP contribution in [0.3, 0.4) is 0 Å². The molecule has 0 atom stereocenters. The van der Waals surface area contributed by atoms with E-state index in [2.05, 4.69) is 37.7 Å². The maximum absolute atomic E-state index is 5.81. The number of rotatable bonds is 2. The average Bonchev–Trinajstić information content (AvgIpc) is 2.02. The van der Waals surface area contributed by atoms with Crippen LogP contribution in [0, 0.1) is 0 Å². The summed E-state index contributed by atoms with van der Waals surface area (Å²) in [6, 6.07) is 0. The van der Waals surface area contributed by atoms with Crippen LogP contribution in [-0.2, 0) is 0 Å². The Morgan fingerprint density at radius 2 is 1.69 bits per heavy atom. The van der Waals surface area contributed by atoms with Gasteiger partial charge in [0.05, 0.1) is 5.69 Å². The SMILES string of the molecule is CC(C)c1ncnc(N)c1C(C)C. The molecule has 1 rings (SSSR count). The number of nitrogens with zero attached hydrogens (tertiary/aromatic N) is 2. The molecule has 2 N–H and O–H groups in total. The Morgan fingerprint density at radius 1 is 1.08 bits per heavy atom. The van der Waals surface area contributed by atoms with E-state index in [0.29, 0.717) is 17.7 Å². The molecule has 3 heteroatoms. The zero-order valence-electron chi connectivity index (χ0n) is 8.70. The Labute approximate surface area is 79.4 Å². The molecule has 0 amide bonds. The van der Waals surface area contributed by atoms with E-state index >= 15 is 0 Å². The maximum Gasteiger partial charge on any atom is 0.130 e. The van der Waals surface area contributed by atoms with Crippen LogP contribution < -0.4 is 5.73 Å². The van der Waals surface area contributed by atoms with E-state index in [1.807, 2.05) is 0 Å². The van der Waals surface area contributed by atoms with Crippen molar-refractivity contribution < 1.29 is 0 Å². The standard InChI is InChI=1S/C10H17N3/c1-6(2)8-9(7(3)4)12-5-13-10(8)11/h5-7H,1-4H3,(H2,11,12,13). The highest BCUT2D eigenvalue weighted by molar-refractivity contribution is 5.44.